The Morgan fingerprint density at radius 1 is 1.24 bits per heavy atom. The quantitative estimate of drug-likeness (QED) is 0.687. The van der Waals surface area contributed by atoms with Gasteiger partial charge in [-0.3, -0.25) is 0 Å². The third kappa shape index (κ3) is 2.76. The standard InChI is InChI=1S/C16H17N3O2/c1-10-18-14-5-3-12(8-15(14)19-10)17-9-11-7-13(21-2)4-6-16(11)20/h3-8,17,20H,9H2,1-2H3,(H,18,19). The number of imidazole rings is 1. The minimum Gasteiger partial charge on any atom is -0.508 e. The molecule has 5 heteroatoms. The summed E-state index contributed by atoms with van der Waals surface area (Å²) in [6.07, 6.45) is 0. The monoisotopic (exact) mass is 283 g/mol. The molecule has 21 heavy (non-hydrogen) atoms. The highest BCUT2D eigenvalue weighted by atomic mass is 16.5. The maximum Gasteiger partial charge on any atom is 0.120 e. The van der Waals surface area contributed by atoms with Gasteiger partial charge in [-0.2, -0.15) is 0 Å². The molecule has 3 rings (SSSR count). The van der Waals surface area contributed by atoms with Crippen LogP contribution in [0.1, 0.15) is 11.4 Å². The second kappa shape index (κ2) is 5.36. The lowest BCUT2D eigenvalue weighted by molar-refractivity contribution is 0.411. The Balaban J connectivity index is 1.79. The number of fused-ring (bicyclic) bond motifs is 1. The van der Waals surface area contributed by atoms with Crippen molar-refractivity contribution in [2.75, 3.05) is 12.4 Å². The van der Waals surface area contributed by atoms with Crippen LogP contribution in [0.15, 0.2) is 36.4 Å². The van der Waals surface area contributed by atoms with Crippen molar-refractivity contribution in [1.82, 2.24) is 9.97 Å². The molecule has 0 aliphatic rings. The lowest BCUT2D eigenvalue weighted by Gasteiger charge is -2.09. The number of benzene rings is 2. The van der Waals surface area contributed by atoms with E-state index in [4.69, 9.17) is 4.74 Å². The highest BCUT2D eigenvalue weighted by Gasteiger charge is 2.05. The van der Waals surface area contributed by atoms with E-state index in [1.165, 1.54) is 0 Å². The summed E-state index contributed by atoms with van der Waals surface area (Å²) in [5.41, 5.74) is 3.69. The Bertz CT molecular complexity index is 780. The van der Waals surface area contributed by atoms with Gasteiger partial charge in [0.2, 0.25) is 0 Å². The number of nitrogens with zero attached hydrogens (tertiary/aromatic N) is 1. The van der Waals surface area contributed by atoms with Crippen LogP contribution in [0.25, 0.3) is 11.0 Å². The van der Waals surface area contributed by atoms with Crippen molar-refractivity contribution in [3.05, 3.63) is 47.8 Å². The number of aromatic nitrogens is 2. The van der Waals surface area contributed by atoms with Gasteiger partial charge in [0.15, 0.2) is 0 Å². The van der Waals surface area contributed by atoms with Crippen LogP contribution >= 0.6 is 0 Å². The molecule has 0 saturated heterocycles. The minimum absolute atomic E-state index is 0.252. The zero-order valence-electron chi connectivity index (χ0n) is 12.0. The number of hydrogen-bond acceptors (Lipinski definition) is 4. The molecule has 0 bridgehead atoms. The summed E-state index contributed by atoms with van der Waals surface area (Å²) in [4.78, 5) is 7.58. The predicted molar refractivity (Wildman–Crippen MR) is 82.8 cm³/mol. The zero-order chi connectivity index (χ0) is 14.8. The van der Waals surface area contributed by atoms with Crippen molar-refractivity contribution in [3.8, 4) is 11.5 Å². The molecule has 108 valence electrons. The van der Waals surface area contributed by atoms with Gasteiger partial charge in [-0.15, -0.1) is 0 Å². The molecule has 0 fully saturated rings. The van der Waals surface area contributed by atoms with Crippen molar-refractivity contribution in [3.63, 3.8) is 0 Å². The molecule has 0 atom stereocenters. The average Bonchev–Trinajstić information content (AvgIpc) is 2.85. The molecule has 1 aromatic heterocycles. The number of H-pyrrole nitrogens is 1. The summed E-state index contributed by atoms with van der Waals surface area (Å²) in [5, 5.41) is 13.2. The molecule has 0 spiro atoms. The van der Waals surface area contributed by atoms with E-state index in [0.29, 0.717) is 6.54 Å². The van der Waals surface area contributed by atoms with Crippen molar-refractivity contribution in [2.45, 2.75) is 13.5 Å². The fraction of sp³-hybridized carbons (Fsp3) is 0.188. The highest BCUT2D eigenvalue weighted by Crippen LogP contribution is 2.24. The van der Waals surface area contributed by atoms with Gasteiger partial charge in [-0.05, 0) is 43.3 Å². The number of aromatic hydroxyl groups is 1. The number of ether oxygens (including phenoxy) is 1. The molecule has 0 saturated carbocycles. The Morgan fingerprint density at radius 3 is 2.90 bits per heavy atom. The normalized spacial score (nSPS) is 10.8. The molecule has 2 aromatic carbocycles. The second-order valence-corrected chi connectivity index (χ2v) is 4.90. The van der Waals surface area contributed by atoms with Gasteiger partial charge in [0.25, 0.3) is 0 Å². The molecule has 0 amide bonds. The molecule has 3 aromatic rings. The third-order valence-corrected chi connectivity index (χ3v) is 3.37. The average molecular weight is 283 g/mol. The van der Waals surface area contributed by atoms with E-state index in [9.17, 15) is 5.11 Å². The Morgan fingerprint density at radius 2 is 2.10 bits per heavy atom. The first-order valence-electron chi connectivity index (χ1n) is 6.72. The highest BCUT2D eigenvalue weighted by molar-refractivity contribution is 5.79. The Labute approximate surface area is 122 Å². The van der Waals surface area contributed by atoms with Crippen molar-refractivity contribution >= 4 is 16.7 Å². The zero-order valence-corrected chi connectivity index (χ0v) is 12.0. The molecular formula is C16H17N3O2. The van der Waals surface area contributed by atoms with Crippen LogP contribution in [0.5, 0.6) is 11.5 Å². The number of methoxy groups -OCH3 is 1. The molecule has 0 aliphatic carbocycles. The topological polar surface area (TPSA) is 70.2 Å². The summed E-state index contributed by atoms with van der Waals surface area (Å²) < 4.78 is 5.17. The molecule has 5 nitrogen and oxygen atoms in total. The predicted octanol–water partition coefficient (Wildman–Crippen LogP) is 3.20. The van der Waals surface area contributed by atoms with E-state index in [2.05, 4.69) is 15.3 Å². The molecule has 0 radical (unpaired) electrons. The molecular weight excluding hydrogens is 266 g/mol. The minimum atomic E-state index is 0.252. The molecule has 3 N–H and O–H groups in total. The molecule has 0 unspecified atom stereocenters. The van der Waals surface area contributed by atoms with Crippen molar-refractivity contribution in [1.29, 1.82) is 0 Å². The third-order valence-electron chi connectivity index (χ3n) is 3.37. The SMILES string of the molecule is COc1ccc(O)c(CNc2ccc3nc(C)[nH]c3c2)c1. The first-order valence-corrected chi connectivity index (χ1v) is 6.72. The van der Waals surface area contributed by atoms with Gasteiger partial charge < -0.3 is 20.1 Å². The van der Waals surface area contributed by atoms with Gasteiger partial charge >= 0.3 is 0 Å². The van der Waals surface area contributed by atoms with Crippen LogP contribution in [-0.2, 0) is 6.54 Å². The van der Waals surface area contributed by atoms with E-state index >= 15 is 0 Å². The molecule has 1 heterocycles. The van der Waals surface area contributed by atoms with Gasteiger partial charge in [-0.25, -0.2) is 4.98 Å². The van der Waals surface area contributed by atoms with Crippen LogP contribution in [0.2, 0.25) is 0 Å². The second-order valence-electron chi connectivity index (χ2n) is 4.90. The van der Waals surface area contributed by atoms with Gasteiger partial charge in [-0.1, -0.05) is 0 Å². The number of phenols is 1. The van der Waals surface area contributed by atoms with Gasteiger partial charge in [0, 0.05) is 17.8 Å². The summed E-state index contributed by atoms with van der Waals surface area (Å²) in [5.74, 6) is 1.87. The summed E-state index contributed by atoms with van der Waals surface area (Å²) in [6.45, 7) is 2.45. The van der Waals surface area contributed by atoms with Crippen LogP contribution < -0.4 is 10.1 Å². The number of aryl methyl sites for hydroxylation is 1. The maximum atomic E-state index is 9.87. The lowest BCUT2D eigenvalue weighted by Crippen LogP contribution is -2.00. The fourth-order valence-corrected chi connectivity index (χ4v) is 2.27. The van der Waals surface area contributed by atoms with Crippen LogP contribution in [0.4, 0.5) is 5.69 Å². The summed E-state index contributed by atoms with van der Waals surface area (Å²) >= 11 is 0. The summed E-state index contributed by atoms with van der Waals surface area (Å²) in [7, 11) is 1.61. The fourth-order valence-electron chi connectivity index (χ4n) is 2.27. The number of nitrogens with one attached hydrogen (secondary N) is 2. The van der Waals surface area contributed by atoms with E-state index in [0.717, 1.165) is 33.9 Å². The smallest absolute Gasteiger partial charge is 0.120 e. The first kappa shape index (κ1) is 13.3. The largest absolute Gasteiger partial charge is 0.508 e. The van der Waals surface area contributed by atoms with Crippen LogP contribution in [0, 0.1) is 6.92 Å². The number of anilines is 1. The van der Waals surface area contributed by atoms with E-state index in [-0.39, 0.29) is 5.75 Å². The van der Waals surface area contributed by atoms with E-state index in [1.807, 2.05) is 31.2 Å². The van der Waals surface area contributed by atoms with E-state index in [1.54, 1.807) is 19.2 Å². The first-order chi connectivity index (χ1) is 10.2. The Hall–Kier alpha value is -2.69. The van der Waals surface area contributed by atoms with Crippen molar-refractivity contribution in [2.24, 2.45) is 0 Å². The number of rotatable bonds is 4. The van der Waals surface area contributed by atoms with Gasteiger partial charge in [0.05, 0.1) is 18.1 Å². The number of aromatic amines is 1. The van der Waals surface area contributed by atoms with E-state index < -0.39 is 0 Å². The molecule has 0 aliphatic heterocycles. The van der Waals surface area contributed by atoms with Gasteiger partial charge in [0.1, 0.15) is 17.3 Å². The lowest BCUT2D eigenvalue weighted by atomic mass is 10.2. The number of hydrogen-bond donors (Lipinski definition) is 3. The van der Waals surface area contributed by atoms with Crippen LogP contribution in [0.3, 0.4) is 0 Å². The van der Waals surface area contributed by atoms with Crippen LogP contribution in [-0.4, -0.2) is 22.2 Å². The maximum absolute atomic E-state index is 9.87. The Kier molecular flexibility index (Phi) is 3.39. The van der Waals surface area contributed by atoms with Crippen molar-refractivity contribution < 1.29 is 9.84 Å². The number of phenolic OH excluding ortho intramolecular Hbond substituents is 1. The summed E-state index contributed by atoms with van der Waals surface area (Å²) in [6, 6.07) is 11.1.